The Morgan fingerprint density at radius 1 is 0.968 bits per heavy atom. The number of pyridine rings is 2. The van der Waals surface area contributed by atoms with E-state index >= 15 is 0 Å². The van der Waals surface area contributed by atoms with E-state index in [0.717, 1.165) is 17.8 Å². The molecule has 0 fully saturated rings. The van der Waals surface area contributed by atoms with Crippen molar-refractivity contribution in [2.75, 3.05) is 0 Å². The van der Waals surface area contributed by atoms with Crippen LogP contribution in [0.15, 0.2) is 72.0 Å². The summed E-state index contributed by atoms with van der Waals surface area (Å²) in [5.74, 6) is -0.725. The maximum atomic E-state index is 12.9. The third-order valence-electron chi connectivity index (χ3n) is 4.06. The van der Waals surface area contributed by atoms with Gasteiger partial charge in [-0.05, 0) is 29.3 Å². The Balaban J connectivity index is 1.69. The Morgan fingerprint density at radius 2 is 1.71 bits per heavy atom. The molecule has 0 saturated carbocycles. The molecule has 2 heterocycles. The third-order valence-corrected chi connectivity index (χ3v) is 5.50. The maximum absolute atomic E-state index is 12.9. The zero-order valence-electron chi connectivity index (χ0n) is 15.8. The quantitative estimate of drug-likeness (QED) is 0.592. The van der Waals surface area contributed by atoms with Crippen LogP contribution in [0.3, 0.4) is 0 Å². The number of hydrogen-bond donors (Lipinski definition) is 1. The van der Waals surface area contributed by atoms with E-state index < -0.39 is 31.8 Å². The highest BCUT2D eigenvalue weighted by Gasteiger charge is 2.49. The summed E-state index contributed by atoms with van der Waals surface area (Å²) in [6.45, 7) is 0.182. The van der Waals surface area contributed by atoms with Crippen LogP contribution in [0.1, 0.15) is 21.5 Å². The van der Waals surface area contributed by atoms with E-state index in [1.54, 1.807) is 12.1 Å². The number of nitrogens with one attached hydrogen (secondary N) is 1. The minimum atomic E-state index is -5.78. The van der Waals surface area contributed by atoms with Gasteiger partial charge in [0, 0.05) is 25.0 Å². The number of aromatic nitrogens is 2. The first-order chi connectivity index (χ1) is 14.7. The number of carbonyl (C=O) groups excluding carboxylic acids is 1. The molecule has 1 N–H and O–H groups in total. The molecule has 0 saturated heterocycles. The second-order valence-corrected chi connectivity index (χ2v) is 8.12. The van der Waals surface area contributed by atoms with Crippen LogP contribution >= 0.6 is 0 Å². The molecule has 11 heteroatoms. The molecule has 0 spiro atoms. The maximum Gasteiger partial charge on any atom is 0.503 e. The largest absolute Gasteiger partial charge is 0.503 e. The molecular formula is C20H16F3N3O4S. The van der Waals surface area contributed by atoms with Gasteiger partial charge in [0.1, 0.15) is 6.61 Å². The number of carbonyl (C=O) groups is 1. The third kappa shape index (κ3) is 5.37. The number of nitrogens with zero attached hydrogens (tertiary/aromatic N) is 2. The predicted molar refractivity (Wildman–Crippen MR) is 104 cm³/mol. The van der Waals surface area contributed by atoms with Gasteiger partial charge in [-0.2, -0.15) is 13.2 Å². The van der Waals surface area contributed by atoms with Gasteiger partial charge in [0.05, 0.1) is 5.56 Å². The molecule has 3 aromatic rings. The predicted octanol–water partition coefficient (Wildman–Crippen LogP) is 3.28. The Kier molecular flexibility index (Phi) is 6.54. The van der Waals surface area contributed by atoms with Crippen LogP contribution in [0, 0.1) is 0 Å². The van der Waals surface area contributed by atoms with Gasteiger partial charge < -0.3 is 10.1 Å². The first kappa shape index (κ1) is 22.2. The first-order valence-electron chi connectivity index (χ1n) is 8.85. The highest BCUT2D eigenvalue weighted by molar-refractivity contribution is 7.92. The van der Waals surface area contributed by atoms with Gasteiger partial charge in [0.15, 0.2) is 5.03 Å². The Hall–Kier alpha value is -3.47. The lowest BCUT2D eigenvalue weighted by Crippen LogP contribution is -2.30. The van der Waals surface area contributed by atoms with E-state index in [1.807, 2.05) is 30.3 Å². The van der Waals surface area contributed by atoms with Crippen molar-refractivity contribution in [2.24, 2.45) is 0 Å². The lowest BCUT2D eigenvalue weighted by molar-refractivity contribution is -0.0438. The second-order valence-electron chi connectivity index (χ2n) is 6.26. The normalized spacial score (nSPS) is 11.7. The number of rotatable bonds is 7. The van der Waals surface area contributed by atoms with Crippen molar-refractivity contribution in [2.45, 2.75) is 23.7 Å². The van der Waals surface area contributed by atoms with Crippen LogP contribution in [0.25, 0.3) is 0 Å². The van der Waals surface area contributed by atoms with Crippen molar-refractivity contribution in [1.29, 1.82) is 0 Å². The van der Waals surface area contributed by atoms with Gasteiger partial charge in [0.25, 0.3) is 15.7 Å². The Bertz CT molecular complexity index is 1170. The molecule has 1 aromatic carbocycles. The summed E-state index contributed by atoms with van der Waals surface area (Å²) in [4.78, 5) is 19.7. The lowest BCUT2D eigenvalue weighted by atomic mass is 10.2. The van der Waals surface area contributed by atoms with Crippen molar-refractivity contribution in [1.82, 2.24) is 15.3 Å². The molecule has 31 heavy (non-hydrogen) atoms. The van der Waals surface area contributed by atoms with Crippen molar-refractivity contribution >= 4 is 15.7 Å². The Morgan fingerprint density at radius 3 is 2.42 bits per heavy atom. The number of sulfone groups is 1. The lowest BCUT2D eigenvalue weighted by Gasteiger charge is -2.12. The zero-order valence-corrected chi connectivity index (χ0v) is 16.7. The number of alkyl halides is 3. The number of amides is 1. The van der Waals surface area contributed by atoms with Gasteiger partial charge in [0.2, 0.25) is 5.88 Å². The molecule has 0 unspecified atom stereocenters. The SMILES string of the molecule is O=C(NCc1ccnc(OCc2ccccc2)c1)c1cccnc1S(=O)(=O)C(F)(F)F. The molecule has 0 bridgehead atoms. The fraction of sp³-hybridized carbons (Fsp3) is 0.150. The summed E-state index contributed by atoms with van der Waals surface area (Å²) in [6, 6.07) is 14.6. The van der Waals surface area contributed by atoms with E-state index in [-0.39, 0.29) is 19.0 Å². The minimum Gasteiger partial charge on any atom is -0.473 e. The summed E-state index contributed by atoms with van der Waals surface area (Å²) < 4.78 is 67.6. The monoisotopic (exact) mass is 451 g/mol. The van der Waals surface area contributed by atoms with Crippen LogP contribution in [0.4, 0.5) is 13.2 Å². The van der Waals surface area contributed by atoms with Crippen LogP contribution in [-0.4, -0.2) is 29.8 Å². The smallest absolute Gasteiger partial charge is 0.473 e. The molecule has 0 aliphatic rings. The standard InChI is InChI=1S/C20H16F3N3O4S/c21-20(22,23)31(28,29)19-16(7-4-9-25-19)18(27)26-12-15-8-10-24-17(11-15)30-13-14-5-2-1-3-6-14/h1-11H,12-13H2,(H,26,27). The van der Waals surface area contributed by atoms with Crippen LogP contribution in [0.5, 0.6) is 5.88 Å². The van der Waals surface area contributed by atoms with E-state index in [1.165, 1.54) is 12.3 Å². The van der Waals surface area contributed by atoms with Gasteiger partial charge in [-0.15, -0.1) is 0 Å². The molecule has 162 valence electrons. The van der Waals surface area contributed by atoms with E-state index in [2.05, 4.69) is 15.3 Å². The van der Waals surface area contributed by atoms with Crippen molar-refractivity contribution in [3.8, 4) is 5.88 Å². The minimum absolute atomic E-state index is 0.0938. The summed E-state index contributed by atoms with van der Waals surface area (Å²) in [7, 11) is -5.78. The van der Waals surface area contributed by atoms with Crippen molar-refractivity contribution in [3.63, 3.8) is 0 Å². The highest BCUT2D eigenvalue weighted by atomic mass is 32.2. The Labute approximate surface area is 175 Å². The topological polar surface area (TPSA) is 98.2 Å². The molecule has 7 nitrogen and oxygen atoms in total. The second kappa shape index (κ2) is 9.13. The van der Waals surface area contributed by atoms with E-state index in [0.29, 0.717) is 5.56 Å². The van der Waals surface area contributed by atoms with Gasteiger partial charge in [-0.1, -0.05) is 30.3 Å². The molecule has 1 amide bonds. The van der Waals surface area contributed by atoms with Gasteiger partial charge >= 0.3 is 5.51 Å². The van der Waals surface area contributed by atoms with Gasteiger partial charge in [-0.25, -0.2) is 18.4 Å². The fourth-order valence-electron chi connectivity index (χ4n) is 2.54. The highest BCUT2D eigenvalue weighted by Crippen LogP contribution is 2.30. The summed E-state index contributed by atoms with van der Waals surface area (Å²) in [5, 5.41) is 1.04. The van der Waals surface area contributed by atoms with Gasteiger partial charge in [-0.3, -0.25) is 4.79 Å². The molecule has 2 aromatic heterocycles. The average Bonchev–Trinajstić information content (AvgIpc) is 2.76. The van der Waals surface area contributed by atoms with Crippen LogP contribution in [0.2, 0.25) is 0 Å². The number of halogens is 3. The molecule has 0 atom stereocenters. The summed E-state index contributed by atoms with van der Waals surface area (Å²) >= 11 is 0. The van der Waals surface area contributed by atoms with E-state index in [4.69, 9.17) is 4.74 Å². The molecule has 3 rings (SSSR count). The molecule has 0 radical (unpaired) electrons. The molecule has 0 aliphatic carbocycles. The zero-order chi connectivity index (χ0) is 22.5. The summed E-state index contributed by atoms with van der Waals surface area (Å²) in [6.07, 6.45) is 2.32. The first-order valence-corrected chi connectivity index (χ1v) is 10.3. The number of ether oxygens (including phenoxy) is 1. The average molecular weight is 451 g/mol. The number of benzene rings is 1. The summed E-state index contributed by atoms with van der Waals surface area (Å²) in [5.41, 5.74) is -4.80. The van der Waals surface area contributed by atoms with Crippen LogP contribution in [-0.2, 0) is 23.0 Å². The molecule has 0 aliphatic heterocycles. The van der Waals surface area contributed by atoms with E-state index in [9.17, 15) is 26.4 Å². The fourth-order valence-corrected chi connectivity index (χ4v) is 3.40. The number of hydrogen-bond acceptors (Lipinski definition) is 6. The van der Waals surface area contributed by atoms with Crippen molar-refractivity contribution < 1.29 is 31.1 Å². The van der Waals surface area contributed by atoms with Crippen LogP contribution < -0.4 is 10.1 Å². The molecular weight excluding hydrogens is 435 g/mol. The van der Waals surface area contributed by atoms with Crippen molar-refractivity contribution in [3.05, 3.63) is 83.7 Å².